The van der Waals surface area contributed by atoms with Crippen LogP contribution in [-0.4, -0.2) is 49.2 Å². The lowest BCUT2D eigenvalue weighted by molar-refractivity contribution is -0.0304. The maximum Gasteiger partial charge on any atom is 0.338 e. The van der Waals surface area contributed by atoms with E-state index in [1.54, 1.807) is 24.3 Å². The van der Waals surface area contributed by atoms with Gasteiger partial charge in [-0.3, -0.25) is 0 Å². The number of aliphatic hydroxyl groups excluding tert-OH is 1. The average Bonchev–Trinajstić information content (AvgIpc) is 3.00. The summed E-state index contributed by atoms with van der Waals surface area (Å²) in [6.45, 7) is -0.401. The van der Waals surface area contributed by atoms with Gasteiger partial charge in [-0.05, 0) is 46.5 Å². The molecule has 1 radical (unpaired) electrons. The predicted octanol–water partition coefficient (Wildman–Crippen LogP) is 5.60. The number of carbonyl (C=O) groups excluding carboxylic acids is 2. The van der Waals surface area contributed by atoms with Gasteiger partial charge in [-0.1, -0.05) is 90.1 Å². The Morgan fingerprint density at radius 2 is 1.18 bits per heavy atom. The third-order valence-electron chi connectivity index (χ3n) is 5.91. The molecular weight excluding hydrogens is 494 g/mol. The van der Waals surface area contributed by atoms with Gasteiger partial charge in [0.1, 0.15) is 25.9 Å². The lowest BCUT2D eigenvalue weighted by Crippen LogP contribution is -2.36. The lowest BCUT2D eigenvalue weighted by atomic mass is 10.0. The number of ether oxygens (including phenoxy) is 2. The maximum atomic E-state index is 12.8. The van der Waals surface area contributed by atoms with Crippen LogP contribution in [0.5, 0.6) is 0 Å². The summed E-state index contributed by atoms with van der Waals surface area (Å²) in [6, 6.07) is 33.4. The van der Waals surface area contributed by atoms with Gasteiger partial charge in [0.15, 0.2) is 0 Å². The van der Waals surface area contributed by atoms with Crippen molar-refractivity contribution in [3.8, 4) is 22.3 Å². The molecule has 0 aliphatic heterocycles. The largest absolute Gasteiger partial charge is 0.459 e. The second-order valence-electron chi connectivity index (χ2n) is 8.55. The number of rotatable bonds is 11. The van der Waals surface area contributed by atoms with Crippen molar-refractivity contribution >= 4 is 18.2 Å². The van der Waals surface area contributed by atoms with Crippen LogP contribution in [0.2, 0.25) is 0 Å². The van der Waals surface area contributed by atoms with Crippen molar-refractivity contribution in [2.24, 2.45) is 5.16 Å². The summed E-state index contributed by atoms with van der Waals surface area (Å²) < 4.78 is 10.8. The van der Waals surface area contributed by atoms with Crippen molar-refractivity contribution in [1.29, 1.82) is 0 Å². The van der Waals surface area contributed by atoms with E-state index in [0.717, 1.165) is 22.3 Å². The molecule has 0 saturated heterocycles. The number of aliphatic hydroxyl groups is 1. The molecule has 4 aromatic rings. The summed E-state index contributed by atoms with van der Waals surface area (Å²) in [5, 5.41) is 14.3. The Hall–Kier alpha value is -4.75. The molecule has 0 aliphatic carbocycles. The van der Waals surface area contributed by atoms with Crippen molar-refractivity contribution in [3.05, 3.63) is 127 Å². The number of hydrogen-bond donors (Lipinski definition) is 1. The highest BCUT2D eigenvalue weighted by molar-refractivity contribution is 5.91. The molecule has 0 spiro atoms. The van der Waals surface area contributed by atoms with Crippen LogP contribution in [0.4, 0.5) is 0 Å². The number of oxime groups is 1. The smallest absolute Gasteiger partial charge is 0.338 e. The van der Waals surface area contributed by atoms with E-state index >= 15 is 0 Å². The first kappa shape index (κ1) is 27.3. The number of nitrogens with zero attached hydrogens (tertiary/aromatic N) is 1. The number of carbonyl (C=O) groups is 2. The van der Waals surface area contributed by atoms with Crippen LogP contribution >= 0.6 is 0 Å². The molecule has 0 fully saturated rings. The Labute approximate surface area is 227 Å². The minimum atomic E-state index is -1.34. The van der Waals surface area contributed by atoms with Crippen molar-refractivity contribution in [2.75, 3.05) is 13.7 Å². The third kappa shape index (κ3) is 7.63. The molecule has 0 heterocycles. The van der Waals surface area contributed by atoms with Crippen LogP contribution in [0.1, 0.15) is 20.7 Å². The van der Waals surface area contributed by atoms with E-state index < -0.39 is 30.8 Å². The molecule has 2 atom stereocenters. The Morgan fingerprint density at radius 3 is 1.67 bits per heavy atom. The minimum Gasteiger partial charge on any atom is -0.459 e. The fourth-order valence-electron chi connectivity index (χ4n) is 3.82. The highest BCUT2D eigenvalue weighted by Gasteiger charge is 2.26. The predicted molar refractivity (Wildman–Crippen MR) is 149 cm³/mol. The molecule has 197 valence electrons. The number of hydrogen-bond acceptors (Lipinski definition) is 7. The van der Waals surface area contributed by atoms with E-state index in [4.69, 9.17) is 9.47 Å². The molecule has 0 amide bonds. The first-order valence-electron chi connectivity index (χ1n) is 12.3. The van der Waals surface area contributed by atoms with Gasteiger partial charge in [-0.2, -0.15) is 0 Å². The fourth-order valence-corrected chi connectivity index (χ4v) is 3.82. The normalized spacial score (nSPS) is 12.5. The monoisotopic (exact) mass is 522 g/mol. The van der Waals surface area contributed by atoms with Crippen LogP contribution in [0.15, 0.2) is 114 Å². The highest BCUT2D eigenvalue weighted by atomic mass is 16.6. The zero-order chi connectivity index (χ0) is 27.5. The van der Waals surface area contributed by atoms with Gasteiger partial charge in [0.25, 0.3) is 0 Å². The first-order valence-corrected chi connectivity index (χ1v) is 12.3. The second-order valence-corrected chi connectivity index (χ2v) is 8.55. The molecule has 7 nitrogen and oxygen atoms in total. The molecule has 4 rings (SSSR count). The van der Waals surface area contributed by atoms with Gasteiger partial charge in [-0.25, -0.2) is 9.59 Å². The van der Waals surface area contributed by atoms with Gasteiger partial charge >= 0.3 is 11.9 Å². The molecule has 0 bridgehead atoms. The summed E-state index contributed by atoms with van der Waals surface area (Å²) in [5.41, 5.74) is 4.60. The lowest BCUT2D eigenvalue weighted by Gasteiger charge is -2.21. The Balaban J connectivity index is 1.37. The van der Waals surface area contributed by atoms with E-state index in [-0.39, 0.29) is 0 Å². The molecule has 0 aromatic heterocycles. The summed E-state index contributed by atoms with van der Waals surface area (Å²) in [6.07, 6.45) is 0.128. The van der Waals surface area contributed by atoms with E-state index in [2.05, 4.69) is 9.99 Å². The van der Waals surface area contributed by atoms with Gasteiger partial charge in [0.05, 0.1) is 17.3 Å². The van der Waals surface area contributed by atoms with Gasteiger partial charge in [-0.15, -0.1) is 0 Å². The number of esters is 2. The van der Waals surface area contributed by atoms with Crippen molar-refractivity contribution < 1.29 is 29.0 Å². The van der Waals surface area contributed by atoms with Crippen molar-refractivity contribution in [1.82, 2.24) is 0 Å². The Kier molecular flexibility index (Phi) is 9.58. The molecule has 4 aromatic carbocycles. The molecule has 1 N–H and O–H groups in total. The quantitative estimate of drug-likeness (QED) is 0.157. The summed E-state index contributed by atoms with van der Waals surface area (Å²) >= 11 is 0. The third-order valence-corrected chi connectivity index (χ3v) is 5.91. The van der Waals surface area contributed by atoms with Crippen LogP contribution in [-0.2, 0) is 14.3 Å². The molecule has 7 heteroatoms. The summed E-state index contributed by atoms with van der Waals surface area (Å²) in [7, 11) is 1.36. The highest BCUT2D eigenvalue weighted by Crippen LogP contribution is 2.21. The summed E-state index contributed by atoms with van der Waals surface area (Å²) in [5.74, 6) is -1.26. The Morgan fingerprint density at radius 1 is 0.718 bits per heavy atom. The van der Waals surface area contributed by atoms with Crippen LogP contribution in [0.3, 0.4) is 0 Å². The van der Waals surface area contributed by atoms with Crippen LogP contribution in [0, 0.1) is 6.42 Å². The van der Waals surface area contributed by atoms with Crippen LogP contribution in [0.25, 0.3) is 22.3 Å². The van der Waals surface area contributed by atoms with Gasteiger partial charge in [0.2, 0.25) is 0 Å². The molecule has 0 saturated carbocycles. The SMILES string of the molecule is CON=C[CH][C@H](OC(=O)c1ccc(-c2ccccc2)cc1)[C@@H](O)COC(=O)c1ccc(-c2ccccc2)cc1. The van der Waals surface area contributed by atoms with E-state index in [1.807, 2.05) is 84.9 Å². The Bertz CT molecular complexity index is 1370. The maximum absolute atomic E-state index is 12.8. The van der Waals surface area contributed by atoms with E-state index in [1.165, 1.54) is 19.7 Å². The standard InChI is InChI=1S/C32H28NO6/c1-37-33-21-20-30(39-32(36)28-18-14-26(15-19-28)24-10-6-3-7-11-24)29(34)22-38-31(35)27-16-12-25(13-17-27)23-8-4-2-5-9-23/h2-21,29-30,34H,22H2,1H3/t29-,30-/m0/s1. The zero-order valence-corrected chi connectivity index (χ0v) is 21.3. The van der Waals surface area contributed by atoms with Gasteiger partial charge < -0.3 is 19.4 Å². The topological polar surface area (TPSA) is 94.4 Å². The van der Waals surface area contributed by atoms with Crippen molar-refractivity contribution in [2.45, 2.75) is 12.2 Å². The molecular formula is C32H28NO6. The molecule has 0 unspecified atom stereocenters. The molecule has 39 heavy (non-hydrogen) atoms. The van der Waals surface area contributed by atoms with Crippen LogP contribution < -0.4 is 0 Å². The van der Waals surface area contributed by atoms with E-state index in [9.17, 15) is 14.7 Å². The second kappa shape index (κ2) is 13.7. The van der Waals surface area contributed by atoms with E-state index in [0.29, 0.717) is 11.1 Å². The average molecular weight is 523 g/mol. The van der Waals surface area contributed by atoms with Gasteiger partial charge in [0, 0.05) is 6.42 Å². The zero-order valence-electron chi connectivity index (χ0n) is 21.3. The first-order chi connectivity index (χ1) is 19.0. The summed E-state index contributed by atoms with van der Waals surface area (Å²) in [4.78, 5) is 30.0. The fraction of sp³-hybridized carbons (Fsp3) is 0.125. The molecule has 0 aliphatic rings. The number of benzene rings is 4. The van der Waals surface area contributed by atoms with Crippen molar-refractivity contribution in [3.63, 3.8) is 0 Å². The minimum absolute atomic E-state index is 0.305.